The number of rotatable bonds is 5. The van der Waals surface area contributed by atoms with E-state index in [4.69, 9.17) is 18.0 Å². The van der Waals surface area contributed by atoms with Gasteiger partial charge in [-0.15, -0.1) is 10.2 Å². The smallest absolute Gasteiger partial charge is 0.152 e. The maximum absolute atomic E-state index is 5.59. The molecule has 0 saturated carbocycles. The predicted molar refractivity (Wildman–Crippen MR) is 83.1 cm³/mol. The number of nitrogens with one attached hydrogen (secondary N) is 1. The zero-order chi connectivity index (χ0) is 13.8. The molecule has 0 aliphatic heterocycles. The van der Waals surface area contributed by atoms with E-state index < -0.39 is 0 Å². The number of hydrogen-bond donors (Lipinski definition) is 2. The Morgan fingerprint density at radius 3 is 2.95 bits per heavy atom. The first-order valence-corrected chi connectivity index (χ1v) is 7.02. The van der Waals surface area contributed by atoms with Crippen LogP contribution in [-0.2, 0) is 13.1 Å². The summed E-state index contributed by atoms with van der Waals surface area (Å²) in [5.41, 5.74) is 7.39. The van der Waals surface area contributed by atoms with Crippen molar-refractivity contribution in [2.75, 3.05) is 5.32 Å². The summed E-state index contributed by atoms with van der Waals surface area (Å²) in [5, 5.41) is 11.3. The van der Waals surface area contributed by atoms with Crippen molar-refractivity contribution in [1.82, 2.24) is 14.8 Å². The van der Waals surface area contributed by atoms with Gasteiger partial charge in [-0.1, -0.05) is 12.2 Å². The van der Waals surface area contributed by atoms with Gasteiger partial charge in [-0.25, -0.2) is 0 Å². The second kappa shape index (κ2) is 6.12. The lowest BCUT2D eigenvalue weighted by Crippen LogP contribution is -2.10. The van der Waals surface area contributed by atoms with Crippen molar-refractivity contribution in [3.05, 3.63) is 40.4 Å². The van der Waals surface area contributed by atoms with Crippen molar-refractivity contribution in [3.8, 4) is 0 Å². The molecule has 1 aromatic carbocycles. The van der Waals surface area contributed by atoms with Crippen LogP contribution < -0.4 is 11.1 Å². The quantitative estimate of drug-likeness (QED) is 0.818. The van der Waals surface area contributed by atoms with Crippen LogP contribution >= 0.6 is 28.1 Å². The van der Waals surface area contributed by atoms with Crippen molar-refractivity contribution in [3.63, 3.8) is 0 Å². The number of nitrogens with zero attached hydrogens (tertiary/aromatic N) is 3. The highest BCUT2D eigenvalue weighted by Crippen LogP contribution is 2.24. The molecule has 3 N–H and O–H groups in total. The fourth-order valence-electron chi connectivity index (χ4n) is 1.67. The molecule has 5 nitrogen and oxygen atoms in total. The zero-order valence-corrected chi connectivity index (χ0v) is 12.8. The fourth-order valence-corrected chi connectivity index (χ4v) is 2.31. The normalized spacial score (nSPS) is 10.4. The molecule has 0 fully saturated rings. The van der Waals surface area contributed by atoms with Gasteiger partial charge in [0.2, 0.25) is 0 Å². The SMILES string of the molecule is CCn1cnnc1CNc1ccc(C(N)=S)cc1Br. The van der Waals surface area contributed by atoms with Crippen molar-refractivity contribution >= 4 is 38.8 Å². The van der Waals surface area contributed by atoms with Crippen LogP contribution in [0.15, 0.2) is 29.0 Å². The molecule has 0 unspecified atom stereocenters. The van der Waals surface area contributed by atoms with Crippen LogP contribution in [0.1, 0.15) is 18.3 Å². The molecule has 0 saturated heterocycles. The lowest BCUT2D eigenvalue weighted by molar-refractivity contribution is 0.708. The molecular formula is C12H14BrN5S. The van der Waals surface area contributed by atoms with E-state index in [2.05, 4.69) is 38.4 Å². The Labute approximate surface area is 125 Å². The lowest BCUT2D eigenvalue weighted by atomic mass is 10.2. The molecule has 0 radical (unpaired) electrons. The Morgan fingerprint density at radius 2 is 2.32 bits per heavy atom. The Balaban J connectivity index is 2.10. The van der Waals surface area contributed by atoms with E-state index in [-0.39, 0.29) is 0 Å². The second-order valence-electron chi connectivity index (χ2n) is 3.95. The van der Waals surface area contributed by atoms with Gasteiger partial charge in [-0.05, 0) is 41.1 Å². The maximum Gasteiger partial charge on any atom is 0.152 e. The third kappa shape index (κ3) is 3.30. The summed E-state index contributed by atoms with van der Waals surface area (Å²) < 4.78 is 2.91. The summed E-state index contributed by atoms with van der Waals surface area (Å²) in [6, 6.07) is 5.72. The van der Waals surface area contributed by atoms with Gasteiger partial charge in [0.05, 0.1) is 6.54 Å². The first-order chi connectivity index (χ1) is 9.11. The number of aromatic nitrogens is 3. The monoisotopic (exact) mass is 339 g/mol. The third-order valence-electron chi connectivity index (χ3n) is 2.73. The Bertz CT molecular complexity index is 596. The Kier molecular flexibility index (Phi) is 4.49. The van der Waals surface area contributed by atoms with Crippen molar-refractivity contribution in [1.29, 1.82) is 0 Å². The molecule has 0 spiro atoms. The molecule has 100 valence electrons. The number of aryl methyl sites for hydroxylation is 1. The van der Waals surface area contributed by atoms with Gasteiger partial charge in [-0.3, -0.25) is 0 Å². The summed E-state index contributed by atoms with van der Waals surface area (Å²) >= 11 is 8.44. The Morgan fingerprint density at radius 1 is 1.53 bits per heavy atom. The number of thiocarbonyl (C=S) groups is 1. The van der Waals surface area contributed by atoms with Crippen LogP contribution in [0.5, 0.6) is 0 Å². The van der Waals surface area contributed by atoms with Gasteiger partial charge in [0.1, 0.15) is 11.3 Å². The predicted octanol–water partition coefficient (Wildman–Crippen LogP) is 2.31. The Hall–Kier alpha value is -1.47. The first-order valence-electron chi connectivity index (χ1n) is 5.81. The molecular weight excluding hydrogens is 326 g/mol. The lowest BCUT2D eigenvalue weighted by Gasteiger charge is -2.10. The molecule has 2 aromatic rings. The van der Waals surface area contributed by atoms with E-state index in [1.165, 1.54) is 0 Å². The van der Waals surface area contributed by atoms with E-state index in [0.717, 1.165) is 28.1 Å². The van der Waals surface area contributed by atoms with Gasteiger partial charge < -0.3 is 15.6 Å². The molecule has 0 bridgehead atoms. The van der Waals surface area contributed by atoms with Crippen LogP contribution in [0.4, 0.5) is 5.69 Å². The van der Waals surface area contributed by atoms with Gasteiger partial charge in [0.15, 0.2) is 5.82 Å². The molecule has 0 aliphatic rings. The van der Waals surface area contributed by atoms with Gasteiger partial charge in [0.25, 0.3) is 0 Å². The molecule has 2 rings (SSSR count). The highest BCUT2D eigenvalue weighted by molar-refractivity contribution is 9.10. The average Bonchev–Trinajstić information content (AvgIpc) is 2.84. The molecule has 1 aromatic heterocycles. The second-order valence-corrected chi connectivity index (χ2v) is 5.24. The standard InChI is InChI=1S/C12H14BrN5S/c1-2-18-7-16-17-11(18)6-15-10-4-3-8(12(14)19)5-9(10)13/h3-5,7,15H,2,6H2,1H3,(H2,14,19). The molecule has 0 aliphatic carbocycles. The largest absolute Gasteiger partial charge is 0.389 e. The van der Waals surface area contributed by atoms with Crippen molar-refractivity contribution in [2.45, 2.75) is 20.0 Å². The number of halogens is 1. The van der Waals surface area contributed by atoms with Crippen molar-refractivity contribution < 1.29 is 0 Å². The minimum absolute atomic E-state index is 0.387. The van der Waals surface area contributed by atoms with Crippen LogP contribution in [-0.4, -0.2) is 19.8 Å². The number of anilines is 1. The third-order valence-corrected chi connectivity index (χ3v) is 3.62. The number of hydrogen-bond acceptors (Lipinski definition) is 4. The average molecular weight is 340 g/mol. The van der Waals surface area contributed by atoms with Crippen LogP contribution in [0.3, 0.4) is 0 Å². The van der Waals surface area contributed by atoms with Crippen LogP contribution in [0.25, 0.3) is 0 Å². The maximum atomic E-state index is 5.59. The highest BCUT2D eigenvalue weighted by Gasteiger charge is 2.06. The molecule has 19 heavy (non-hydrogen) atoms. The van der Waals surface area contributed by atoms with E-state index in [1.807, 2.05) is 22.8 Å². The van der Waals surface area contributed by atoms with E-state index in [1.54, 1.807) is 6.33 Å². The van der Waals surface area contributed by atoms with Gasteiger partial charge in [0, 0.05) is 22.3 Å². The molecule has 0 atom stereocenters. The van der Waals surface area contributed by atoms with Crippen LogP contribution in [0, 0.1) is 0 Å². The van der Waals surface area contributed by atoms with Crippen molar-refractivity contribution in [2.24, 2.45) is 5.73 Å². The van der Waals surface area contributed by atoms with Crippen LogP contribution in [0.2, 0.25) is 0 Å². The molecule has 1 heterocycles. The minimum atomic E-state index is 0.387. The van der Waals surface area contributed by atoms with E-state index in [9.17, 15) is 0 Å². The zero-order valence-electron chi connectivity index (χ0n) is 10.4. The number of benzene rings is 1. The molecule has 7 heteroatoms. The number of nitrogens with two attached hydrogens (primary N) is 1. The van der Waals surface area contributed by atoms with E-state index in [0.29, 0.717) is 11.5 Å². The minimum Gasteiger partial charge on any atom is -0.389 e. The van der Waals surface area contributed by atoms with E-state index >= 15 is 0 Å². The first kappa shape index (κ1) is 14.0. The topological polar surface area (TPSA) is 68.8 Å². The summed E-state index contributed by atoms with van der Waals surface area (Å²) in [6.07, 6.45) is 1.72. The summed E-state index contributed by atoms with van der Waals surface area (Å²) in [7, 11) is 0. The molecule has 0 amide bonds. The summed E-state index contributed by atoms with van der Waals surface area (Å²) in [4.78, 5) is 0.387. The summed E-state index contributed by atoms with van der Waals surface area (Å²) in [5.74, 6) is 0.896. The highest BCUT2D eigenvalue weighted by atomic mass is 79.9. The van der Waals surface area contributed by atoms with Gasteiger partial charge in [-0.2, -0.15) is 0 Å². The van der Waals surface area contributed by atoms with Gasteiger partial charge >= 0.3 is 0 Å². The fraction of sp³-hybridized carbons (Fsp3) is 0.250. The summed E-state index contributed by atoms with van der Waals surface area (Å²) in [6.45, 7) is 3.52.